The number of hydrogen-bond acceptors (Lipinski definition) is 5. The SMILES string of the molecule is CN1CCN(Cc2cccnc2)CC1c1nnn2cc(-c3ccccc3)ccc12. The molecule has 1 aliphatic rings. The predicted octanol–water partition coefficient (Wildman–Crippen LogP) is 3.28. The average Bonchev–Trinajstić information content (AvgIpc) is 3.19. The Balaban J connectivity index is 1.41. The van der Waals surface area contributed by atoms with Gasteiger partial charge in [0, 0.05) is 50.3 Å². The fourth-order valence-corrected chi connectivity index (χ4v) is 4.07. The lowest BCUT2D eigenvalue weighted by molar-refractivity contribution is 0.0889. The van der Waals surface area contributed by atoms with E-state index in [2.05, 4.69) is 80.8 Å². The second kappa shape index (κ2) is 7.73. The summed E-state index contributed by atoms with van der Waals surface area (Å²) in [7, 11) is 2.18. The summed E-state index contributed by atoms with van der Waals surface area (Å²) in [6.07, 6.45) is 5.84. The number of pyridine rings is 2. The van der Waals surface area contributed by atoms with Crippen LogP contribution < -0.4 is 0 Å². The molecule has 6 heteroatoms. The van der Waals surface area contributed by atoms with Crippen molar-refractivity contribution >= 4 is 5.52 Å². The molecule has 4 heterocycles. The molecule has 0 spiro atoms. The fraction of sp³-hybridized carbons (Fsp3) is 0.261. The van der Waals surface area contributed by atoms with Crippen LogP contribution in [-0.4, -0.2) is 56.3 Å². The van der Waals surface area contributed by atoms with Crippen molar-refractivity contribution < 1.29 is 0 Å². The monoisotopic (exact) mass is 384 g/mol. The number of nitrogens with zero attached hydrogens (tertiary/aromatic N) is 6. The Labute approximate surface area is 170 Å². The van der Waals surface area contributed by atoms with Crippen molar-refractivity contribution in [1.29, 1.82) is 0 Å². The summed E-state index contributed by atoms with van der Waals surface area (Å²) in [6, 6.07) is 19.0. The summed E-state index contributed by atoms with van der Waals surface area (Å²) in [5.41, 5.74) is 5.69. The van der Waals surface area contributed by atoms with Gasteiger partial charge < -0.3 is 0 Å². The second-order valence-corrected chi connectivity index (χ2v) is 7.68. The van der Waals surface area contributed by atoms with Gasteiger partial charge in [-0.1, -0.05) is 47.7 Å². The Hall–Kier alpha value is -3.09. The third-order valence-corrected chi connectivity index (χ3v) is 5.72. The molecule has 1 aliphatic heterocycles. The van der Waals surface area contributed by atoms with E-state index < -0.39 is 0 Å². The van der Waals surface area contributed by atoms with Gasteiger partial charge in [0.1, 0.15) is 5.69 Å². The van der Waals surface area contributed by atoms with Crippen molar-refractivity contribution in [3.8, 4) is 11.1 Å². The Bertz CT molecular complexity index is 1090. The summed E-state index contributed by atoms with van der Waals surface area (Å²) in [6.45, 7) is 3.89. The standard InChI is InChI=1S/C23H24N6/c1-27-12-13-28(15-18-6-5-11-24-14-18)17-22(27)23-21-10-9-20(16-29(21)26-25-23)19-7-3-2-4-8-19/h2-11,14,16,22H,12-13,15,17H2,1H3. The first-order valence-corrected chi connectivity index (χ1v) is 10.00. The van der Waals surface area contributed by atoms with Crippen LogP contribution in [-0.2, 0) is 6.54 Å². The van der Waals surface area contributed by atoms with Crippen LogP contribution in [0.15, 0.2) is 73.2 Å². The van der Waals surface area contributed by atoms with Gasteiger partial charge in [-0.2, -0.15) is 0 Å². The number of fused-ring (bicyclic) bond motifs is 1. The number of benzene rings is 1. The molecule has 1 fully saturated rings. The van der Waals surface area contributed by atoms with E-state index in [1.165, 1.54) is 11.1 Å². The Morgan fingerprint density at radius 2 is 1.86 bits per heavy atom. The highest BCUT2D eigenvalue weighted by molar-refractivity contribution is 5.66. The molecule has 0 aliphatic carbocycles. The van der Waals surface area contributed by atoms with Gasteiger partial charge in [0.15, 0.2) is 0 Å². The molecule has 0 N–H and O–H groups in total. The third-order valence-electron chi connectivity index (χ3n) is 5.72. The Morgan fingerprint density at radius 1 is 0.966 bits per heavy atom. The van der Waals surface area contributed by atoms with Gasteiger partial charge in [-0.05, 0) is 30.3 Å². The largest absolute Gasteiger partial charge is 0.296 e. The molecule has 146 valence electrons. The maximum Gasteiger partial charge on any atom is 0.109 e. The van der Waals surface area contributed by atoms with E-state index in [0.717, 1.165) is 43.0 Å². The third kappa shape index (κ3) is 3.64. The molecule has 0 radical (unpaired) electrons. The van der Waals surface area contributed by atoms with Crippen LogP contribution in [0.1, 0.15) is 17.3 Å². The molecule has 5 rings (SSSR count). The molecule has 1 atom stereocenters. The molecule has 29 heavy (non-hydrogen) atoms. The average molecular weight is 384 g/mol. The van der Waals surface area contributed by atoms with Gasteiger partial charge in [0.05, 0.1) is 11.6 Å². The van der Waals surface area contributed by atoms with Crippen molar-refractivity contribution in [2.45, 2.75) is 12.6 Å². The van der Waals surface area contributed by atoms with E-state index in [-0.39, 0.29) is 6.04 Å². The minimum Gasteiger partial charge on any atom is -0.296 e. The normalized spacial score (nSPS) is 18.3. The summed E-state index contributed by atoms with van der Waals surface area (Å²) < 4.78 is 1.91. The van der Waals surface area contributed by atoms with E-state index in [1.54, 1.807) is 0 Å². The first-order chi connectivity index (χ1) is 14.3. The van der Waals surface area contributed by atoms with E-state index in [4.69, 9.17) is 0 Å². The molecule has 4 aromatic rings. The highest BCUT2D eigenvalue weighted by Crippen LogP contribution is 2.28. The smallest absolute Gasteiger partial charge is 0.109 e. The molecular weight excluding hydrogens is 360 g/mol. The molecule has 0 saturated carbocycles. The maximum atomic E-state index is 4.58. The summed E-state index contributed by atoms with van der Waals surface area (Å²) >= 11 is 0. The van der Waals surface area contributed by atoms with Crippen LogP contribution >= 0.6 is 0 Å². The minimum absolute atomic E-state index is 0.223. The summed E-state index contributed by atoms with van der Waals surface area (Å²) in [4.78, 5) is 9.11. The van der Waals surface area contributed by atoms with Crippen LogP contribution in [0.2, 0.25) is 0 Å². The van der Waals surface area contributed by atoms with E-state index in [0.29, 0.717) is 0 Å². The van der Waals surface area contributed by atoms with Crippen molar-refractivity contribution in [3.63, 3.8) is 0 Å². The Morgan fingerprint density at radius 3 is 2.69 bits per heavy atom. The van der Waals surface area contributed by atoms with Crippen molar-refractivity contribution in [2.24, 2.45) is 0 Å². The lowest BCUT2D eigenvalue weighted by atomic mass is 10.1. The molecule has 1 saturated heterocycles. The van der Waals surface area contributed by atoms with Gasteiger partial charge in [-0.25, -0.2) is 4.52 Å². The highest BCUT2D eigenvalue weighted by atomic mass is 15.4. The fourth-order valence-electron chi connectivity index (χ4n) is 4.07. The first kappa shape index (κ1) is 18.0. The van der Waals surface area contributed by atoms with Gasteiger partial charge >= 0.3 is 0 Å². The van der Waals surface area contributed by atoms with Crippen LogP contribution in [0.3, 0.4) is 0 Å². The zero-order chi connectivity index (χ0) is 19.6. The van der Waals surface area contributed by atoms with Crippen LogP contribution in [0, 0.1) is 0 Å². The highest BCUT2D eigenvalue weighted by Gasteiger charge is 2.29. The van der Waals surface area contributed by atoms with Crippen LogP contribution in [0.4, 0.5) is 0 Å². The van der Waals surface area contributed by atoms with Crippen LogP contribution in [0.5, 0.6) is 0 Å². The van der Waals surface area contributed by atoms with E-state index >= 15 is 0 Å². The molecule has 0 bridgehead atoms. The van der Waals surface area contributed by atoms with Gasteiger partial charge in [-0.15, -0.1) is 5.10 Å². The minimum atomic E-state index is 0.223. The quantitative estimate of drug-likeness (QED) is 0.540. The van der Waals surface area contributed by atoms with Crippen molar-refractivity contribution in [3.05, 3.63) is 84.4 Å². The Kier molecular flexibility index (Phi) is 4.79. The summed E-state index contributed by atoms with van der Waals surface area (Å²) in [5.74, 6) is 0. The topological polar surface area (TPSA) is 49.6 Å². The van der Waals surface area contributed by atoms with Crippen molar-refractivity contribution in [1.82, 2.24) is 29.6 Å². The zero-order valence-corrected chi connectivity index (χ0v) is 16.5. The first-order valence-electron chi connectivity index (χ1n) is 10.00. The molecule has 6 nitrogen and oxygen atoms in total. The van der Waals surface area contributed by atoms with E-state index in [1.807, 2.05) is 29.0 Å². The molecule has 1 aromatic carbocycles. The van der Waals surface area contributed by atoms with Crippen molar-refractivity contribution in [2.75, 3.05) is 26.7 Å². The predicted molar refractivity (Wildman–Crippen MR) is 113 cm³/mol. The molecular formula is C23H24N6. The second-order valence-electron chi connectivity index (χ2n) is 7.68. The molecule has 0 amide bonds. The lowest BCUT2D eigenvalue weighted by Gasteiger charge is -2.38. The number of piperazine rings is 1. The van der Waals surface area contributed by atoms with Gasteiger partial charge in [0.25, 0.3) is 0 Å². The zero-order valence-electron chi connectivity index (χ0n) is 16.5. The molecule has 1 unspecified atom stereocenters. The van der Waals surface area contributed by atoms with Gasteiger partial charge in [0.2, 0.25) is 0 Å². The number of aromatic nitrogens is 4. The number of rotatable bonds is 4. The number of likely N-dealkylation sites (N-methyl/N-ethyl adjacent to an activating group) is 1. The number of hydrogen-bond donors (Lipinski definition) is 0. The molecule has 3 aromatic heterocycles. The summed E-state index contributed by atoms with van der Waals surface area (Å²) in [5, 5.41) is 9.01. The lowest BCUT2D eigenvalue weighted by Crippen LogP contribution is -2.46. The van der Waals surface area contributed by atoms with Crippen LogP contribution in [0.25, 0.3) is 16.6 Å². The van der Waals surface area contributed by atoms with E-state index in [9.17, 15) is 0 Å². The maximum absolute atomic E-state index is 4.58. The van der Waals surface area contributed by atoms with Gasteiger partial charge in [-0.3, -0.25) is 14.8 Å².